The van der Waals surface area contributed by atoms with Crippen LogP contribution in [0.5, 0.6) is 0 Å². The van der Waals surface area contributed by atoms with Crippen molar-refractivity contribution >= 4 is 93.8 Å². The molecule has 0 spiro atoms. The Bertz CT molecular complexity index is 469. The molecule has 0 unspecified atom stereocenters. The van der Waals surface area contributed by atoms with E-state index >= 15 is 0 Å². The molecule has 0 N–H and O–H groups in total. The van der Waals surface area contributed by atoms with Crippen LogP contribution in [0.25, 0.3) is 0 Å². The van der Waals surface area contributed by atoms with Gasteiger partial charge in [0.25, 0.3) is 0 Å². The number of unbranched alkanes of at least 4 members (excludes halogenated alkanes) is 28. The summed E-state index contributed by atoms with van der Waals surface area (Å²) < 4.78 is 0. The SMILES string of the molecule is CCCCCCCCCCCCCCCCCC(=O)[O-].CCCCCCCCCCCCCCCCCC(=O)[O-].[O-2].[O-2].[Pb+2].[Pb+2].[Pb+2]. The van der Waals surface area contributed by atoms with Gasteiger partial charge in [0.05, 0.1) is 0 Å². The Labute approximate surface area is 340 Å². The molecule has 0 aromatic rings. The minimum absolute atomic E-state index is 0. The van der Waals surface area contributed by atoms with E-state index in [1.165, 1.54) is 167 Å². The monoisotopic (exact) mass is 1220 g/mol. The molecule has 0 heterocycles. The van der Waals surface area contributed by atoms with Gasteiger partial charge in [0.1, 0.15) is 0 Å². The molecule has 45 heavy (non-hydrogen) atoms. The van der Waals surface area contributed by atoms with Gasteiger partial charge in [-0.2, -0.15) is 0 Å². The van der Waals surface area contributed by atoms with Crippen LogP contribution in [0.2, 0.25) is 0 Å². The quantitative estimate of drug-likeness (QED) is 0.0492. The van der Waals surface area contributed by atoms with Crippen LogP contribution in [-0.4, -0.2) is 93.8 Å². The van der Waals surface area contributed by atoms with Crippen LogP contribution in [-0.2, 0) is 20.5 Å². The van der Waals surface area contributed by atoms with Gasteiger partial charge >= 0.3 is 81.9 Å². The minimum Gasteiger partial charge on any atom is -2.00 e. The van der Waals surface area contributed by atoms with Gasteiger partial charge in [-0.1, -0.05) is 194 Å². The predicted molar refractivity (Wildman–Crippen MR) is 188 cm³/mol. The zero-order valence-electron chi connectivity index (χ0n) is 29.6. The van der Waals surface area contributed by atoms with Gasteiger partial charge in [-0.05, 0) is 25.7 Å². The van der Waals surface area contributed by atoms with Crippen molar-refractivity contribution in [1.82, 2.24) is 0 Å². The van der Waals surface area contributed by atoms with Crippen molar-refractivity contribution in [3.63, 3.8) is 0 Å². The molecular weight excluding hydrogens is 1150 g/mol. The Morgan fingerprint density at radius 2 is 0.444 bits per heavy atom. The van der Waals surface area contributed by atoms with Gasteiger partial charge < -0.3 is 30.8 Å². The summed E-state index contributed by atoms with van der Waals surface area (Å²) in [6.45, 7) is 4.53. The molecule has 262 valence electrons. The van der Waals surface area contributed by atoms with Crippen LogP contribution in [0.4, 0.5) is 0 Å². The number of aliphatic carboxylic acids is 2. The van der Waals surface area contributed by atoms with Gasteiger partial charge in [-0.25, -0.2) is 0 Å². The van der Waals surface area contributed by atoms with Gasteiger partial charge in [0, 0.05) is 11.9 Å². The van der Waals surface area contributed by atoms with Gasteiger partial charge in [0.15, 0.2) is 0 Å². The first-order valence-corrected chi connectivity index (χ1v) is 17.9. The molecule has 0 aliphatic heterocycles. The second-order valence-electron chi connectivity index (χ2n) is 12.1. The van der Waals surface area contributed by atoms with E-state index in [-0.39, 0.29) is 106 Å². The first-order chi connectivity index (χ1) is 19.5. The largest absolute Gasteiger partial charge is 2.00 e. The van der Waals surface area contributed by atoms with Crippen LogP contribution in [0, 0.1) is 0 Å². The van der Waals surface area contributed by atoms with Crippen molar-refractivity contribution in [2.45, 2.75) is 219 Å². The number of hydrogen-bond donors (Lipinski definition) is 0. The van der Waals surface area contributed by atoms with E-state index in [2.05, 4.69) is 13.8 Å². The van der Waals surface area contributed by atoms with E-state index in [4.69, 9.17) is 0 Å². The number of hydrogen-bond acceptors (Lipinski definition) is 4. The van der Waals surface area contributed by atoms with Crippen LogP contribution in [0.1, 0.15) is 219 Å². The first kappa shape index (κ1) is 61.8. The Hall–Kier alpha value is 1.63. The van der Waals surface area contributed by atoms with E-state index in [9.17, 15) is 19.8 Å². The molecule has 0 saturated carbocycles. The van der Waals surface area contributed by atoms with Crippen molar-refractivity contribution in [1.29, 1.82) is 0 Å². The molecule has 0 aromatic carbocycles. The van der Waals surface area contributed by atoms with Crippen molar-refractivity contribution in [2.24, 2.45) is 0 Å². The van der Waals surface area contributed by atoms with Crippen molar-refractivity contribution < 1.29 is 30.8 Å². The summed E-state index contributed by atoms with van der Waals surface area (Å²) in [6.07, 6.45) is 39.7. The van der Waals surface area contributed by atoms with Crippen LogP contribution >= 0.6 is 0 Å². The maximum atomic E-state index is 10.2. The number of rotatable bonds is 32. The molecule has 0 aromatic heterocycles. The molecule has 0 amide bonds. The maximum Gasteiger partial charge on any atom is 2.00 e. The Morgan fingerprint density at radius 1 is 0.311 bits per heavy atom. The smallest absolute Gasteiger partial charge is 2.00 e. The van der Waals surface area contributed by atoms with Crippen molar-refractivity contribution in [3.8, 4) is 0 Å². The van der Waals surface area contributed by atoms with Crippen molar-refractivity contribution in [3.05, 3.63) is 0 Å². The molecule has 6 radical (unpaired) electrons. The fraction of sp³-hybridized carbons (Fsp3) is 0.944. The second kappa shape index (κ2) is 57.9. The van der Waals surface area contributed by atoms with Crippen LogP contribution < -0.4 is 10.2 Å². The van der Waals surface area contributed by atoms with Crippen LogP contribution in [0.3, 0.4) is 0 Å². The predicted octanol–water partition coefficient (Wildman–Crippen LogP) is 8.62. The number of carbonyl (C=O) groups excluding carboxylic acids is 2. The van der Waals surface area contributed by atoms with Crippen LogP contribution in [0.15, 0.2) is 0 Å². The van der Waals surface area contributed by atoms with E-state index in [1.807, 2.05) is 0 Å². The third-order valence-corrected chi connectivity index (χ3v) is 7.97. The summed E-state index contributed by atoms with van der Waals surface area (Å²) in [6, 6.07) is 0. The zero-order valence-corrected chi connectivity index (χ0v) is 41.2. The van der Waals surface area contributed by atoms with Crippen molar-refractivity contribution in [2.75, 3.05) is 0 Å². The summed E-state index contributed by atoms with van der Waals surface area (Å²) in [5, 5.41) is 20.4. The van der Waals surface area contributed by atoms with Gasteiger partial charge in [-0.3, -0.25) is 0 Å². The fourth-order valence-electron chi connectivity index (χ4n) is 5.28. The average molecular weight is 1220 g/mol. The third-order valence-electron chi connectivity index (χ3n) is 7.97. The molecule has 0 aliphatic carbocycles. The van der Waals surface area contributed by atoms with E-state index in [0.717, 1.165) is 25.7 Å². The molecule has 0 aliphatic rings. The summed E-state index contributed by atoms with van der Waals surface area (Å²) in [5.74, 6) is -1.81. The van der Waals surface area contributed by atoms with Gasteiger partial charge in [-0.15, -0.1) is 0 Å². The third kappa shape index (κ3) is 68.4. The molecule has 6 nitrogen and oxygen atoms in total. The molecule has 0 saturated heterocycles. The molecule has 0 atom stereocenters. The topological polar surface area (TPSA) is 137 Å². The Balaban J connectivity index is -0.000000116. The molecule has 9 heteroatoms. The maximum absolute atomic E-state index is 10.2. The summed E-state index contributed by atoms with van der Waals surface area (Å²) in [5.41, 5.74) is 0. The average Bonchev–Trinajstić information content (AvgIpc) is 2.93. The molecular formula is C36H70O6Pb3. The fourth-order valence-corrected chi connectivity index (χ4v) is 5.28. The summed E-state index contributed by atoms with van der Waals surface area (Å²) in [7, 11) is 0. The number of carboxylic acid groups (broad SMARTS) is 2. The molecule has 0 rings (SSSR count). The summed E-state index contributed by atoms with van der Waals surface area (Å²) >= 11 is 0. The number of carbonyl (C=O) groups is 2. The summed E-state index contributed by atoms with van der Waals surface area (Å²) in [4.78, 5) is 20.4. The molecule has 0 fully saturated rings. The zero-order chi connectivity index (χ0) is 29.8. The first-order valence-electron chi connectivity index (χ1n) is 17.9. The van der Waals surface area contributed by atoms with E-state index < -0.39 is 11.9 Å². The standard InChI is InChI=1S/2C18H36O2.2O.3Pb/c2*1-2-3-4-5-6-7-8-9-10-11-12-13-14-15-16-17-18(19)20;;;;;/h2*2-17H2,1H3,(H,19,20);;;;;/q;;2*-2;3*+2/p-2. The normalized spacial score (nSPS) is 9.64. The van der Waals surface area contributed by atoms with Gasteiger partial charge in [0.2, 0.25) is 0 Å². The number of carboxylic acids is 2. The second-order valence-corrected chi connectivity index (χ2v) is 12.1. The Kier molecular flexibility index (Phi) is 79.5. The minimum atomic E-state index is -0.903. The Morgan fingerprint density at radius 3 is 0.578 bits per heavy atom. The molecule has 0 bridgehead atoms. The van der Waals surface area contributed by atoms with E-state index in [1.54, 1.807) is 0 Å². The van der Waals surface area contributed by atoms with E-state index in [0.29, 0.717) is 0 Å².